The summed E-state index contributed by atoms with van der Waals surface area (Å²) in [7, 11) is 0. The third-order valence-electron chi connectivity index (χ3n) is 0.471. The average molecular weight is 224 g/mol. The van der Waals surface area contributed by atoms with Gasteiger partial charge in [0.15, 0.2) is 0 Å². The maximum Gasteiger partial charge on any atom is 1.00 e. The third-order valence-corrected chi connectivity index (χ3v) is 0.471. The SMILES string of the molecule is C=CCOCC=C.O=S([O-])[O-].[Na+].[Na+]. The van der Waals surface area contributed by atoms with E-state index >= 15 is 0 Å². The molecule has 0 aromatic rings. The van der Waals surface area contributed by atoms with Crippen LogP contribution in [0, 0.1) is 0 Å². The minimum atomic E-state index is -3.11. The Morgan fingerprint density at radius 3 is 1.54 bits per heavy atom. The molecule has 0 amide bonds. The minimum Gasteiger partial charge on any atom is -0.784 e. The predicted octanol–water partition coefficient (Wildman–Crippen LogP) is -5.62. The molecule has 7 heteroatoms. The zero-order valence-electron chi connectivity index (χ0n) is 8.02. The summed E-state index contributed by atoms with van der Waals surface area (Å²) in [6.45, 7) is 8.18. The molecule has 13 heavy (non-hydrogen) atoms. The molecule has 66 valence electrons. The molecule has 0 aromatic heterocycles. The first-order chi connectivity index (χ1) is 5.15. The number of hydrogen-bond donors (Lipinski definition) is 0. The summed E-state index contributed by atoms with van der Waals surface area (Å²) in [4.78, 5) is 0. The van der Waals surface area contributed by atoms with Crippen molar-refractivity contribution in [3.05, 3.63) is 25.3 Å². The largest absolute Gasteiger partial charge is 1.00 e. The molecule has 0 spiro atoms. The second kappa shape index (κ2) is 23.4. The van der Waals surface area contributed by atoms with Crippen molar-refractivity contribution in [2.75, 3.05) is 13.2 Å². The van der Waals surface area contributed by atoms with E-state index in [0.717, 1.165) is 0 Å². The van der Waals surface area contributed by atoms with Crippen molar-refractivity contribution in [3.8, 4) is 0 Å². The predicted molar refractivity (Wildman–Crippen MR) is 40.9 cm³/mol. The molecule has 0 saturated carbocycles. The molecule has 0 radical (unpaired) electrons. The minimum absolute atomic E-state index is 0. The van der Waals surface area contributed by atoms with Gasteiger partial charge in [0.05, 0.1) is 13.2 Å². The van der Waals surface area contributed by atoms with Gasteiger partial charge < -0.3 is 13.8 Å². The van der Waals surface area contributed by atoms with Crippen LogP contribution in [0.25, 0.3) is 0 Å². The molecular weight excluding hydrogens is 214 g/mol. The van der Waals surface area contributed by atoms with E-state index in [9.17, 15) is 0 Å². The van der Waals surface area contributed by atoms with Gasteiger partial charge >= 0.3 is 59.1 Å². The zero-order chi connectivity index (χ0) is 9.11. The topological polar surface area (TPSA) is 72.4 Å². The summed E-state index contributed by atoms with van der Waals surface area (Å²) >= 11 is -3.11. The Labute approximate surface area is 126 Å². The maximum absolute atomic E-state index is 8.44. The van der Waals surface area contributed by atoms with E-state index in [-0.39, 0.29) is 59.1 Å². The fraction of sp³-hybridized carbons (Fsp3) is 0.333. The zero-order valence-corrected chi connectivity index (χ0v) is 12.8. The van der Waals surface area contributed by atoms with Crippen LogP contribution in [0.5, 0.6) is 0 Å². The van der Waals surface area contributed by atoms with Gasteiger partial charge in [-0.15, -0.1) is 24.5 Å². The standard InChI is InChI=1S/C6H10O.2Na.H2O3S/c1-3-5-7-6-4-2;;;1-4(2)3/h3-4H,1-2,5-6H2;;;(H2,1,2,3)/q;2*+1;/p-2. The molecule has 0 fully saturated rings. The Morgan fingerprint density at radius 2 is 1.38 bits per heavy atom. The van der Waals surface area contributed by atoms with Gasteiger partial charge in [0.2, 0.25) is 0 Å². The first kappa shape index (κ1) is 24.0. The second-order valence-electron chi connectivity index (χ2n) is 1.32. The van der Waals surface area contributed by atoms with Crippen LogP contribution in [0.15, 0.2) is 25.3 Å². The van der Waals surface area contributed by atoms with Crippen LogP contribution in [-0.4, -0.2) is 26.5 Å². The van der Waals surface area contributed by atoms with Crippen molar-refractivity contribution in [2.24, 2.45) is 0 Å². The fourth-order valence-electron chi connectivity index (χ4n) is 0.235. The molecule has 0 saturated heterocycles. The van der Waals surface area contributed by atoms with Crippen molar-refractivity contribution in [3.63, 3.8) is 0 Å². The average Bonchev–Trinajstić information content (AvgIpc) is 1.88. The van der Waals surface area contributed by atoms with Gasteiger partial charge in [-0.3, -0.25) is 4.21 Å². The summed E-state index contributed by atoms with van der Waals surface area (Å²) in [5, 5.41) is 0. The van der Waals surface area contributed by atoms with Crippen molar-refractivity contribution in [2.45, 2.75) is 0 Å². The van der Waals surface area contributed by atoms with Gasteiger partial charge in [0.1, 0.15) is 0 Å². The summed E-state index contributed by atoms with van der Waals surface area (Å²) in [6, 6.07) is 0. The molecule has 4 nitrogen and oxygen atoms in total. The van der Waals surface area contributed by atoms with Crippen LogP contribution in [-0.2, 0) is 16.1 Å². The number of ether oxygens (including phenoxy) is 1. The molecule has 0 aliphatic carbocycles. The normalized spacial score (nSPS) is 7.00. The van der Waals surface area contributed by atoms with Crippen molar-refractivity contribution >= 4 is 11.4 Å². The van der Waals surface area contributed by atoms with Crippen molar-refractivity contribution in [1.29, 1.82) is 0 Å². The monoisotopic (exact) mass is 224 g/mol. The Kier molecular flexibility index (Phi) is 43.1. The van der Waals surface area contributed by atoms with Crippen molar-refractivity contribution < 1.29 is 77.2 Å². The Morgan fingerprint density at radius 1 is 1.15 bits per heavy atom. The van der Waals surface area contributed by atoms with Crippen LogP contribution in [0.1, 0.15) is 0 Å². The van der Waals surface area contributed by atoms with Gasteiger partial charge in [0, 0.05) is 0 Å². The quantitative estimate of drug-likeness (QED) is 0.206. The second-order valence-corrected chi connectivity index (χ2v) is 1.73. The van der Waals surface area contributed by atoms with Gasteiger partial charge in [-0.25, -0.2) is 0 Å². The summed E-state index contributed by atoms with van der Waals surface area (Å²) in [5.74, 6) is 0. The Hall–Kier alpha value is 1.51. The smallest absolute Gasteiger partial charge is 0.784 e. The van der Waals surface area contributed by atoms with Gasteiger partial charge in [-0.05, 0) is 0 Å². The van der Waals surface area contributed by atoms with Crippen LogP contribution in [0.3, 0.4) is 0 Å². The first-order valence-electron chi connectivity index (χ1n) is 2.71. The van der Waals surface area contributed by atoms with Crippen LogP contribution >= 0.6 is 0 Å². The molecular formula is C6H10Na2O4S. The van der Waals surface area contributed by atoms with Gasteiger partial charge in [0.25, 0.3) is 0 Å². The Balaban J connectivity index is -0.0000000600. The molecule has 0 unspecified atom stereocenters. The van der Waals surface area contributed by atoms with Crippen LogP contribution < -0.4 is 59.1 Å². The van der Waals surface area contributed by atoms with Crippen LogP contribution in [0.2, 0.25) is 0 Å². The maximum atomic E-state index is 8.44. The van der Waals surface area contributed by atoms with E-state index < -0.39 is 11.4 Å². The van der Waals surface area contributed by atoms with E-state index in [1.807, 2.05) is 0 Å². The van der Waals surface area contributed by atoms with E-state index in [2.05, 4.69) is 13.2 Å². The van der Waals surface area contributed by atoms with E-state index in [1.165, 1.54) is 0 Å². The van der Waals surface area contributed by atoms with E-state index in [1.54, 1.807) is 12.2 Å². The molecule has 0 aromatic carbocycles. The van der Waals surface area contributed by atoms with E-state index in [0.29, 0.717) is 13.2 Å². The van der Waals surface area contributed by atoms with E-state index in [4.69, 9.17) is 18.1 Å². The molecule has 0 aliphatic rings. The summed E-state index contributed by atoms with van der Waals surface area (Å²) < 4.78 is 30.2. The Bertz CT molecular complexity index is 120. The molecule has 0 N–H and O–H groups in total. The summed E-state index contributed by atoms with van der Waals surface area (Å²) in [6.07, 6.45) is 3.42. The fourth-order valence-corrected chi connectivity index (χ4v) is 0.235. The number of rotatable bonds is 4. The number of hydrogen-bond acceptors (Lipinski definition) is 4. The third kappa shape index (κ3) is 59.0. The molecule has 0 bridgehead atoms. The molecule has 0 heterocycles. The van der Waals surface area contributed by atoms with Gasteiger partial charge in [-0.2, -0.15) is 0 Å². The summed E-state index contributed by atoms with van der Waals surface area (Å²) in [5.41, 5.74) is 0. The van der Waals surface area contributed by atoms with Crippen molar-refractivity contribution in [1.82, 2.24) is 0 Å². The molecule has 0 atom stereocenters. The first-order valence-corrected chi connectivity index (χ1v) is 3.71. The molecule has 0 aliphatic heterocycles. The molecule has 0 rings (SSSR count). The van der Waals surface area contributed by atoms with Gasteiger partial charge in [-0.1, -0.05) is 12.2 Å². The van der Waals surface area contributed by atoms with Crippen LogP contribution in [0.4, 0.5) is 0 Å².